The van der Waals surface area contributed by atoms with Crippen LogP contribution >= 0.6 is 0 Å². The zero-order chi connectivity index (χ0) is 21.2. The van der Waals surface area contributed by atoms with Gasteiger partial charge in [0.15, 0.2) is 0 Å². The van der Waals surface area contributed by atoms with Crippen LogP contribution in [0.25, 0.3) is 27.8 Å². The highest BCUT2D eigenvalue weighted by Crippen LogP contribution is 2.26. The zero-order valence-corrected chi connectivity index (χ0v) is 16.9. The van der Waals surface area contributed by atoms with E-state index in [1.165, 1.54) is 11.9 Å². The van der Waals surface area contributed by atoms with Crippen LogP contribution in [-0.4, -0.2) is 25.7 Å². The minimum absolute atomic E-state index is 0.180. The van der Waals surface area contributed by atoms with Crippen molar-refractivity contribution in [2.75, 3.05) is 5.32 Å². The summed E-state index contributed by atoms with van der Waals surface area (Å²) in [6, 6.07) is 25.1. The number of aryl methyl sites for hydroxylation is 1. The van der Waals surface area contributed by atoms with E-state index in [-0.39, 0.29) is 5.91 Å². The minimum Gasteiger partial charge on any atom is -0.322 e. The molecule has 2 aromatic heterocycles. The van der Waals surface area contributed by atoms with E-state index in [1.54, 1.807) is 11.0 Å². The van der Waals surface area contributed by atoms with E-state index in [0.29, 0.717) is 11.3 Å². The molecule has 1 N–H and O–H groups in total. The molecule has 150 valence electrons. The lowest BCUT2D eigenvalue weighted by atomic mass is 10.0. The maximum absolute atomic E-state index is 13.2. The van der Waals surface area contributed by atoms with Gasteiger partial charge in [-0.1, -0.05) is 48.0 Å². The van der Waals surface area contributed by atoms with E-state index < -0.39 is 0 Å². The summed E-state index contributed by atoms with van der Waals surface area (Å²) in [5.41, 5.74) is 5.86. The van der Waals surface area contributed by atoms with Crippen LogP contribution in [0.3, 0.4) is 0 Å². The maximum Gasteiger partial charge on any atom is 0.256 e. The molecule has 31 heavy (non-hydrogen) atoms. The van der Waals surface area contributed by atoms with Gasteiger partial charge in [0.25, 0.3) is 5.91 Å². The predicted molar refractivity (Wildman–Crippen MR) is 121 cm³/mol. The second-order valence-electron chi connectivity index (χ2n) is 7.28. The summed E-state index contributed by atoms with van der Waals surface area (Å²) in [6.07, 6.45) is 3.11. The summed E-state index contributed by atoms with van der Waals surface area (Å²) < 4.78 is 1.66. The van der Waals surface area contributed by atoms with Gasteiger partial charge in [-0.15, -0.1) is 0 Å². The van der Waals surface area contributed by atoms with Crippen molar-refractivity contribution >= 4 is 22.5 Å². The Morgan fingerprint density at radius 1 is 0.935 bits per heavy atom. The van der Waals surface area contributed by atoms with Gasteiger partial charge in [-0.2, -0.15) is 5.10 Å². The van der Waals surface area contributed by atoms with Crippen molar-refractivity contribution in [3.63, 3.8) is 0 Å². The number of fused-ring (bicyclic) bond motifs is 1. The number of pyridine rings is 1. The minimum atomic E-state index is -0.180. The molecule has 0 aliphatic carbocycles. The third-order valence-electron chi connectivity index (χ3n) is 5.12. The van der Waals surface area contributed by atoms with Gasteiger partial charge in [0.05, 0.1) is 22.5 Å². The molecular formula is C25H19N5O. The zero-order valence-electron chi connectivity index (χ0n) is 16.9. The molecular weight excluding hydrogens is 386 g/mol. The first-order valence-corrected chi connectivity index (χ1v) is 9.91. The Hall–Kier alpha value is -4.32. The Labute approximate surface area is 179 Å². The molecule has 0 aliphatic rings. The molecule has 2 heterocycles. The number of nitrogens with zero attached hydrogens (tertiary/aromatic N) is 4. The number of hydrogen-bond donors (Lipinski definition) is 1. The third kappa shape index (κ3) is 3.79. The fourth-order valence-electron chi connectivity index (χ4n) is 3.47. The molecule has 6 heteroatoms. The Morgan fingerprint density at radius 3 is 2.45 bits per heavy atom. The third-order valence-corrected chi connectivity index (χ3v) is 5.12. The Bertz CT molecular complexity index is 1360. The lowest BCUT2D eigenvalue weighted by molar-refractivity contribution is 0.102. The molecule has 0 unspecified atom stereocenters. The highest BCUT2D eigenvalue weighted by atomic mass is 16.1. The summed E-state index contributed by atoms with van der Waals surface area (Å²) in [4.78, 5) is 21.9. The number of para-hydroxylation sites is 1. The fraction of sp³-hybridized carbons (Fsp3) is 0.0400. The van der Waals surface area contributed by atoms with Crippen LogP contribution in [0, 0.1) is 6.92 Å². The second kappa shape index (κ2) is 7.84. The molecule has 0 bridgehead atoms. The predicted octanol–water partition coefficient (Wildman–Crippen LogP) is 5.04. The number of amides is 1. The Balaban J connectivity index is 1.49. The Kier molecular flexibility index (Phi) is 4.72. The van der Waals surface area contributed by atoms with Crippen molar-refractivity contribution in [2.45, 2.75) is 6.92 Å². The van der Waals surface area contributed by atoms with E-state index in [4.69, 9.17) is 4.98 Å². The molecule has 0 saturated carbocycles. The number of carbonyl (C=O) groups excluding carboxylic acids is 1. The van der Waals surface area contributed by atoms with Crippen molar-refractivity contribution in [2.24, 2.45) is 0 Å². The summed E-state index contributed by atoms with van der Waals surface area (Å²) in [5.74, 6) is -0.180. The van der Waals surface area contributed by atoms with Gasteiger partial charge in [0.1, 0.15) is 12.7 Å². The standard InChI is InChI=1S/C25H19N5O/c1-17-6-8-18(9-7-17)24-14-22(21-4-2-3-5-23(21)29-24)25(31)28-19-10-12-20(13-11-19)30-16-26-15-27-30/h2-16H,1H3,(H,28,31). The lowest BCUT2D eigenvalue weighted by Crippen LogP contribution is -2.13. The molecule has 3 aromatic carbocycles. The highest BCUT2D eigenvalue weighted by molar-refractivity contribution is 6.13. The lowest BCUT2D eigenvalue weighted by Gasteiger charge is -2.11. The fourth-order valence-corrected chi connectivity index (χ4v) is 3.47. The van der Waals surface area contributed by atoms with Crippen molar-refractivity contribution in [1.29, 1.82) is 0 Å². The van der Waals surface area contributed by atoms with E-state index in [0.717, 1.165) is 27.8 Å². The summed E-state index contributed by atoms with van der Waals surface area (Å²) in [6.45, 7) is 2.05. The van der Waals surface area contributed by atoms with Crippen LogP contribution in [0.1, 0.15) is 15.9 Å². The molecule has 0 radical (unpaired) electrons. The number of rotatable bonds is 4. The van der Waals surface area contributed by atoms with Gasteiger partial charge in [-0.05, 0) is 43.3 Å². The molecule has 0 atom stereocenters. The quantitative estimate of drug-likeness (QED) is 0.454. The Morgan fingerprint density at radius 2 is 1.71 bits per heavy atom. The van der Waals surface area contributed by atoms with Crippen LogP contribution in [0.5, 0.6) is 0 Å². The molecule has 1 amide bonds. The molecule has 0 aliphatic heterocycles. The molecule has 6 nitrogen and oxygen atoms in total. The van der Waals surface area contributed by atoms with E-state index >= 15 is 0 Å². The number of anilines is 1. The number of carbonyl (C=O) groups is 1. The number of aromatic nitrogens is 4. The topological polar surface area (TPSA) is 72.7 Å². The number of nitrogens with one attached hydrogen (secondary N) is 1. The van der Waals surface area contributed by atoms with Crippen LogP contribution < -0.4 is 5.32 Å². The normalized spacial score (nSPS) is 10.9. The molecule has 5 rings (SSSR count). The van der Waals surface area contributed by atoms with Gasteiger partial charge < -0.3 is 5.32 Å². The van der Waals surface area contributed by atoms with E-state index in [9.17, 15) is 4.79 Å². The van der Waals surface area contributed by atoms with Crippen molar-refractivity contribution in [3.05, 3.63) is 103 Å². The smallest absolute Gasteiger partial charge is 0.256 e. The summed E-state index contributed by atoms with van der Waals surface area (Å²) in [7, 11) is 0. The van der Waals surface area contributed by atoms with Gasteiger partial charge in [-0.3, -0.25) is 4.79 Å². The second-order valence-corrected chi connectivity index (χ2v) is 7.28. The maximum atomic E-state index is 13.2. The van der Waals surface area contributed by atoms with Gasteiger partial charge >= 0.3 is 0 Å². The molecule has 0 saturated heterocycles. The van der Waals surface area contributed by atoms with Gasteiger partial charge in [0, 0.05) is 16.6 Å². The van der Waals surface area contributed by atoms with Crippen molar-refractivity contribution in [1.82, 2.24) is 19.7 Å². The summed E-state index contributed by atoms with van der Waals surface area (Å²) in [5, 5.41) is 7.93. The van der Waals surface area contributed by atoms with Crippen LogP contribution in [0.4, 0.5) is 5.69 Å². The molecule has 0 fully saturated rings. The first kappa shape index (κ1) is 18.7. The van der Waals surface area contributed by atoms with Crippen molar-refractivity contribution in [3.8, 4) is 16.9 Å². The first-order chi connectivity index (χ1) is 15.2. The first-order valence-electron chi connectivity index (χ1n) is 9.91. The number of benzene rings is 3. The highest BCUT2D eigenvalue weighted by Gasteiger charge is 2.14. The van der Waals surface area contributed by atoms with Crippen molar-refractivity contribution < 1.29 is 4.79 Å². The summed E-state index contributed by atoms with van der Waals surface area (Å²) >= 11 is 0. The van der Waals surface area contributed by atoms with Crippen LogP contribution in [0.2, 0.25) is 0 Å². The van der Waals surface area contributed by atoms with E-state index in [1.807, 2.05) is 85.8 Å². The average Bonchev–Trinajstić information content (AvgIpc) is 3.34. The van der Waals surface area contributed by atoms with Crippen LogP contribution in [-0.2, 0) is 0 Å². The number of hydrogen-bond acceptors (Lipinski definition) is 4. The monoisotopic (exact) mass is 405 g/mol. The average molecular weight is 405 g/mol. The van der Waals surface area contributed by atoms with Crippen LogP contribution in [0.15, 0.2) is 91.5 Å². The largest absolute Gasteiger partial charge is 0.322 e. The van der Waals surface area contributed by atoms with Gasteiger partial charge in [0.2, 0.25) is 0 Å². The molecule has 0 spiro atoms. The SMILES string of the molecule is Cc1ccc(-c2cc(C(=O)Nc3ccc(-n4cncn4)cc3)c3ccccc3n2)cc1. The molecule has 5 aromatic rings. The van der Waals surface area contributed by atoms with E-state index in [2.05, 4.69) is 15.4 Å². The van der Waals surface area contributed by atoms with Gasteiger partial charge in [-0.25, -0.2) is 14.6 Å².